The Balaban J connectivity index is 2.07. The Bertz CT molecular complexity index is 643. The predicted octanol–water partition coefficient (Wildman–Crippen LogP) is 3.85. The molecule has 2 nitrogen and oxygen atoms in total. The molecule has 0 aliphatic rings. The lowest BCUT2D eigenvalue weighted by Crippen LogP contribution is -2.18. The van der Waals surface area contributed by atoms with Crippen molar-refractivity contribution in [3.63, 3.8) is 0 Å². The van der Waals surface area contributed by atoms with Gasteiger partial charge in [-0.1, -0.05) is 40.3 Å². The molecule has 2 aromatic carbocycles. The smallest absolute Gasteiger partial charge is 0.124 e. The topological polar surface area (TPSA) is 29.3 Å². The van der Waals surface area contributed by atoms with Crippen LogP contribution in [0.2, 0.25) is 0 Å². The van der Waals surface area contributed by atoms with E-state index >= 15 is 0 Å². The quantitative estimate of drug-likeness (QED) is 0.814. The first kappa shape index (κ1) is 16.1. The maximum absolute atomic E-state index is 13.6. The lowest BCUT2D eigenvalue weighted by molar-refractivity contribution is 0.318. The molecule has 2 rings (SSSR count). The Morgan fingerprint density at radius 1 is 1.14 bits per heavy atom. The molecule has 110 valence electrons. The van der Waals surface area contributed by atoms with E-state index in [0.717, 1.165) is 16.6 Å². The molecular weight excluding hydrogens is 351 g/mol. The summed E-state index contributed by atoms with van der Waals surface area (Å²) in [5.74, 6) is -0.313. The maximum atomic E-state index is 13.6. The van der Waals surface area contributed by atoms with E-state index in [0.29, 0.717) is 12.1 Å². The standard InChI is InChI=1S/C16H16BrFN2S/c1-20(9-11-2-4-14(17)5-3-11)10-12-6-13(16(19)21)8-15(18)7-12/h2-8H,9-10H2,1H3,(H2,19,21). The molecule has 0 saturated carbocycles. The van der Waals surface area contributed by atoms with Crippen molar-refractivity contribution >= 4 is 33.1 Å². The largest absolute Gasteiger partial charge is 0.389 e. The monoisotopic (exact) mass is 366 g/mol. The van der Waals surface area contributed by atoms with E-state index in [1.165, 1.54) is 17.7 Å². The zero-order chi connectivity index (χ0) is 15.4. The molecule has 2 aromatic rings. The van der Waals surface area contributed by atoms with Crippen LogP contribution in [0.1, 0.15) is 16.7 Å². The van der Waals surface area contributed by atoms with Gasteiger partial charge in [-0.3, -0.25) is 4.90 Å². The summed E-state index contributed by atoms with van der Waals surface area (Å²) in [6.45, 7) is 1.41. The van der Waals surface area contributed by atoms with Crippen molar-refractivity contribution in [3.05, 3.63) is 69.4 Å². The normalized spacial score (nSPS) is 10.9. The molecule has 0 heterocycles. The molecule has 0 radical (unpaired) electrons. The van der Waals surface area contributed by atoms with E-state index < -0.39 is 0 Å². The van der Waals surface area contributed by atoms with Crippen LogP contribution in [-0.4, -0.2) is 16.9 Å². The molecular formula is C16H16BrFN2S. The maximum Gasteiger partial charge on any atom is 0.124 e. The highest BCUT2D eigenvalue weighted by atomic mass is 79.9. The minimum absolute atomic E-state index is 0.214. The van der Waals surface area contributed by atoms with Crippen molar-refractivity contribution in [2.75, 3.05) is 7.05 Å². The molecule has 0 fully saturated rings. The van der Waals surface area contributed by atoms with E-state index in [1.807, 2.05) is 25.2 Å². The zero-order valence-electron chi connectivity index (χ0n) is 11.6. The Kier molecular flexibility index (Phi) is 5.45. The third-order valence-electron chi connectivity index (χ3n) is 3.06. The number of thiocarbonyl (C=S) groups is 1. The van der Waals surface area contributed by atoms with Crippen molar-refractivity contribution in [1.29, 1.82) is 0 Å². The number of nitrogens with two attached hydrogens (primary N) is 1. The highest BCUT2D eigenvalue weighted by Gasteiger charge is 2.06. The van der Waals surface area contributed by atoms with E-state index in [9.17, 15) is 4.39 Å². The van der Waals surface area contributed by atoms with Gasteiger partial charge in [-0.05, 0) is 48.5 Å². The van der Waals surface area contributed by atoms with E-state index in [2.05, 4.69) is 33.0 Å². The van der Waals surface area contributed by atoms with Gasteiger partial charge in [0.05, 0.1) is 0 Å². The number of hydrogen-bond donors (Lipinski definition) is 1. The van der Waals surface area contributed by atoms with Crippen molar-refractivity contribution in [2.45, 2.75) is 13.1 Å². The second kappa shape index (κ2) is 7.11. The number of rotatable bonds is 5. The number of halogens is 2. The summed E-state index contributed by atoms with van der Waals surface area (Å²) in [7, 11) is 1.99. The minimum atomic E-state index is -0.313. The fourth-order valence-corrected chi connectivity index (χ4v) is 2.54. The molecule has 0 unspecified atom stereocenters. The summed E-state index contributed by atoms with van der Waals surface area (Å²) in [6, 6.07) is 12.9. The molecule has 0 amide bonds. The first-order valence-electron chi connectivity index (χ1n) is 6.46. The molecule has 2 N–H and O–H groups in total. The van der Waals surface area contributed by atoms with Crippen LogP contribution in [0, 0.1) is 5.82 Å². The molecule has 0 aliphatic carbocycles. The summed E-state index contributed by atoms with van der Waals surface area (Å²) in [5, 5.41) is 0. The number of benzene rings is 2. The van der Waals surface area contributed by atoms with E-state index in [4.69, 9.17) is 18.0 Å². The first-order chi connectivity index (χ1) is 9.94. The molecule has 0 aliphatic heterocycles. The Morgan fingerprint density at radius 3 is 2.38 bits per heavy atom. The third-order valence-corrected chi connectivity index (χ3v) is 3.82. The van der Waals surface area contributed by atoms with Crippen LogP contribution >= 0.6 is 28.1 Å². The first-order valence-corrected chi connectivity index (χ1v) is 7.66. The lowest BCUT2D eigenvalue weighted by atomic mass is 10.1. The second-order valence-electron chi connectivity index (χ2n) is 5.01. The van der Waals surface area contributed by atoms with Gasteiger partial charge < -0.3 is 5.73 Å². The summed E-state index contributed by atoms with van der Waals surface area (Å²) in [5.41, 5.74) is 8.19. The van der Waals surface area contributed by atoms with Crippen LogP contribution in [0.25, 0.3) is 0 Å². The molecule has 0 spiro atoms. The Hall–Kier alpha value is -1.30. The summed E-state index contributed by atoms with van der Waals surface area (Å²) in [4.78, 5) is 2.33. The molecule has 21 heavy (non-hydrogen) atoms. The van der Waals surface area contributed by atoms with Crippen LogP contribution in [-0.2, 0) is 13.1 Å². The molecule has 0 aromatic heterocycles. The Morgan fingerprint density at radius 2 is 1.76 bits per heavy atom. The average Bonchev–Trinajstić information content (AvgIpc) is 2.40. The van der Waals surface area contributed by atoms with Gasteiger partial charge >= 0.3 is 0 Å². The molecule has 0 saturated heterocycles. The summed E-state index contributed by atoms with van der Waals surface area (Å²) >= 11 is 8.32. The summed E-state index contributed by atoms with van der Waals surface area (Å²) in [6.07, 6.45) is 0. The van der Waals surface area contributed by atoms with Crippen molar-refractivity contribution in [1.82, 2.24) is 4.90 Å². The van der Waals surface area contributed by atoms with Crippen molar-refractivity contribution < 1.29 is 4.39 Å². The SMILES string of the molecule is CN(Cc1ccc(Br)cc1)Cc1cc(F)cc(C(N)=S)c1. The van der Waals surface area contributed by atoms with Gasteiger partial charge in [0.15, 0.2) is 0 Å². The van der Waals surface area contributed by atoms with Gasteiger partial charge in [0.2, 0.25) is 0 Å². The average molecular weight is 367 g/mol. The molecule has 0 bridgehead atoms. The van der Waals surface area contributed by atoms with Gasteiger partial charge in [0, 0.05) is 23.1 Å². The second-order valence-corrected chi connectivity index (χ2v) is 6.37. The van der Waals surface area contributed by atoms with Crippen LogP contribution in [0.4, 0.5) is 4.39 Å². The number of hydrogen-bond acceptors (Lipinski definition) is 2. The fourth-order valence-electron chi connectivity index (χ4n) is 2.15. The van der Waals surface area contributed by atoms with Crippen LogP contribution in [0.5, 0.6) is 0 Å². The van der Waals surface area contributed by atoms with Crippen LogP contribution < -0.4 is 5.73 Å². The highest BCUT2D eigenvalue weighted by Crippen LogP contribution is 2.15. The van der Waals surface area contributed by atoms with Gasteiger partial charge in [0.25, 0.3) is 0 Å². The van der Waals surface area contributed by atoms with Crippen LogP contribution in [0.3, 0.4) is 0 Å². The third kappa shape index (κ3) is 4.88. The van der Waals surface area contributed by atoms with Gasteiger partial charge in [-0.2, -0.15) is 0 Å². The lowest BCUT2D eigenvalue weighted by Gasteiger charge is -2.17. The van der Waals surface area contributed by atoms with Crippen molar-refractivity contribution in [3.8, 4) is 0 Å². The molecule has 0 atom stereocenters. The number of nitrogens with zero attached hydrogens (tertiary/aromatic N) is 1. The van der Waals surface area contributed by atoms with E-state index in [1.54, 1.807) is 0 Å². The molecule has 5 heteroatoms. The Labute approximate surface area is 137 Å². The van der Waals surface area contributed by atoms with Gasteiger partial charge in [-0.25, -0.2) is 4.39 Å². The van der Waals surface area contributed by atoms with Crippen molar-refractivity contribution in [2.24, 2.45) is 5.73 Å². The van der Waals surface area contributed by atoms with Gasteiger partial charge in [-0.15, -0.1) is 0 Å². The fraction of sp³-hybridized carbons (Fsp3) is 0.188. The van der Waals surface area contributed by atoms with Gasteiger partial charge in [0.1, 0.15) is 10.8 Å². The summed E-state index contributed by atoms with van der Waals surface area (Å²) < 4.78 is 14.6. The zero-order valence-corrected chi connectivity index (χ0v) is 14.0. The van der Waals surface area contributed by atoms with E-state index in [-0.39, 0.29) is 10.8 Å². The highest BCUT2D eigenvalue weighted by molar-refractivity contribution is 9.10. The van der Waals surface area contributed by atoms with Crippen LogP contribution in [0.15, 0.2) is 46.9 Å². The minimum Gasteiger partial charge on any atom is -0.389 e. The predicted molar refractivity (Wildman–Crippen MR) is 91.6 cm³/mol.